The lowest BCUT2D eigenvalue weighted by Gasteiger charge is -2.39. The van der Waals surface area contributed by atoms with Crippen LogP contribution < -0.4 is 0 Å². The summed E-state index contributed by atoms with van der Waals surface area (Å²) in [5.41, 5.74) is 0. The lowest BCUT2D eigenvalue weighted by atomic mass is 10.0. The van der Waals surface area contributed by atoms with E-state index in [1.807, 2.05) is 0 Å². The van der Waals surface area contributed by atoms with E-state index in [9.17, 15) is 14.4 Å². The molecule has 1 N–H and O–H groups in total. The topological polar surface area (TPSA) is 74.7 Å². The van der Waals surface area contributed by atoms with Crippen LogP contribution in [-0.2, 0) is 14.4 Å². The molecule has 0 aromatic heterocycles. The van der Waals surface area contributed by atoms with E-state index in [2.05, 4.69) is 0 Å². The van der Waals surface area contributed by atoms with Gasteiger partial charge in [0, 0.05) is 25.1 Å². The summed E-state index contributed by atoms with van der Waals surface area (Å²) in [4.78, 5) is 34.6. The maximum absolute atomic E-state index is 11.8. The molecule has 0 saturated carbocycles. The molecule has 1 fully saturated rings. The summed E-state index contributed by atoms with van der Waals surface area (Å²) in [6.07, 6.45) is 0.521. The van der Waals surface area contributed by atoms with E-state index >= 15 is 0 Å². The van der Waals surface area contributed by atoms with E-state index in [4.69, 9.17) is 5.11 Å². The van der Waals surface area contributed by atoms with E-state index < -0.39 is 12.0 Å². The Bertz CT molecular complexity index is 318. The Morgan fingerprint density at radius 2 is 2.12 bits per heavy atom. The number of carboxylic acid groups (broad SMARTS) is 1. The lowest BCUT2D eigenvalue weighted by molar-refractivity contribution is -0.158. The second-order valence-electron chi connectivity index (χ2n) is 3.88. The predicted molar refractivity (Wildman–Crippen MR) is 60.1 cm³/mol. The van der Waals surface area contributed by atoms with Gasteiger partial charge in [-0.15, -0.1) is 0 Å². The number of likely N-dealkylation sites (tertiary alicyclic amines) is 1. The first-order chi connectivity index (χ1) is 7.43. The first kappa shape index (κ1) is 13.0. The van der Waals surface area contributed by atoms with Crippen molar-refractivity contribution in [3.8, 4) is 0 Å². The van der Waals surface area contributed by atoms with Crippen LogP contribution in [0.1, 0.15) is 20.3 Å². The highest BCUT2D eigenvalue weighted by atomic mass is 32.2. The minimum Gasteiger partial charge on any atom is -0.480 e. The molecule has 0 aromatic rings. The van der Waals surface area contributed by atoms with Crippen LogP contribution in [0, 0.1) is 5.92 Å². The molecule has 0 spiro atoms. The summed E-state index contributed by atoms with van der Waals surface area (Å²) in [6, 6.07) is -0.669. The molecular formula is C10H15NO4S. The molecule has 1 aliphatic rings. The summed E-state index contributed by atoms with van der Waals surface area (Å²) < 4.78 is 0. The van der Waals surface area contributed by atoms with Crippen LogP contribution >= 0.6 is 11.8 Å². The normalized spacial score (nSPS) is 21.1. The van der Waals surface area contributed by atoms with Crippen LogP contribution in [0.25, 0.3) is 0 Å². The fraction of sp³-hybridized carbons (Fsp3) is 0.700. The molecule has 90 valence electrons. The van der Waals surface area contributed by atoms with Gasteiger partial charge < -0.3 is 10.0 Å². The molecule has 1 saturated heterocycles. The molecule has 0 radical (unpaired) electrons. The molecule has 16 heavy (non-hydrogen) atoms. The van der Waals surface area contributed by atoms with Crippen molar-refractivity contribution in [1.29, 1.82) is 0 Å². The molecule has 0 bridgehead atoms. The quantitative estimate of drug-likeness (QED) is 0.784. The van der Waals surface area contributed by atoms with Crippen LogP contribution in [0.3, 0.4) is 0 Å². The van der Waals surface area contributed by atoms with Crippen molar-refractivity contribution in [1.82, 2.24) is 4.90 Å². The molecule has 0 aliphatic carbocycles. The molecule has 1 heterocycles. The van der Waals surface area contributed by atoms with Gasteiger partial charge in [0.05, 0.1) is 0 Å². The third-order valence-corrected chi connectivity index (χ3v) is 3.62. The fourth-order valence-electron chi connectivity index (χ4n) is 1.50. The van der Waals surface area contributed by atoms with Crippen LogP contribution in [0.2, 0.25) is 0 Å². The zero-order valence-corrected chi connectivity index (χ0v) is 10.1. The minimum absolute atomic E-state index is 0.0296. The Balaban J connectivity index is 2.45. The van der Waals surface area contributed by atoms with Crippen LogP contribution in [0.4, 0.5) is 0 Å². The number of thioether (sulfide) groups is 1. The largest absolute Gasteiger partial charge is 0.480 e. The van der Waals surface area contributed by atoms with Gasteiger partial charge >= 0.3 is 5.97 Å². The number of hydrogen-bond donors (Lipinski definition) is 1. The van der Waals surface area contributed by atoms with Crippen LogP contribution in [0.15, 0.2) is 0 Å². The molecule has 5 nitrogen and oxygen atoms in total. The third-order valence-electron chi connectivity index (χ3n) is 2.55. The molecule has 6 heteroatoms. The Morgan fingerprint density at radius 3 is 2.50 bits per heavy atom. The van der Waals surface area contributed by atoms with Gasteiger partial charge in [0.2, 0.25) is 5.91 Å². The number of carboxylic acids is 1. The minimum atomic E-state index is -0.953. The van der Waals surface area contributed by atoms with Crippen molar-refractivity contribution in [3.05, 3.63) is 0 Å². The Labute approximate surface area is 98.2 Å². The average Bonchev–Trinajstić information content (AvgIpc) is 2.10. The van der Waals surface area contributed by atoms with E-state index in [0.29, 0.717) is 18.7 Å². The van der Waals surface area contributed by atoms with Crippen molar-refractivity contribution < 1.29 is 19.5 Å². The number of carbonyl (C=O) groups excluding carboxylic acids is 2. The third kappa shape index (κ3) is 2.98. The first-order valence-corrected chi connectivity index (χ1v) is 6.08. The van der Waals surface area contributed by atoms with Gasteiger partial charge in [-0.2, -0.15) is 0 Å². The highest BCUT2D eigenvalue weighted by molar-refractivity contribution is 8.13. The molecule has 2 atom stereocenters. The highest BCUT2D eigenvalue weighted by Crippen LogP contribution is 2.22. The maximum atomic E-state index is 11.8. The van der Waals surface area contributed by atoms with Crippen molar-refractivity contribution in [2.45, 2.75) is 26.3 Å². The Kier molecular flexibility index (Phi) is 4.35. The zero-order chi connectivity index (χ0) is 12.3. The van der Waals surface area contributed by atoms with Gasteiger partial charge in [0.15, 0.2) is 5.12 Å². The molecule has 1 rings (SSSR count). The summed E-state index contributed by atoms with van der Waals surface area (Å²) in [7, 11) is 0. The Hall–Kier alpha value is -1.04. The van der Waals surface area contributed by atoms with Crippen LogP contribution in [-0.4, -0.2) is 45.3 Å². The molecule has 0 aromatic carbocycles. The second kappa shape index (κ2) is 5.34. The fourth-order valence-corrected chi connectivity index (χ4v) is 2.13. The second-order valence-corrected chi connectivity index (χ2v) is 5.07. The van der Waals surface area contributed by atoms with E-state index in [1.165, 1.54) is 11.8 Å². The number of aliphatic carboxylic acids is 1. The van der Waals surface area contributed by atoms with E-state index in [-0.39, 0.29) is 16.9 Å². The number of hydrogen-bond acceptors (Lipinski definition) is 4. The average molecular weight is 245 g/mol. The van der Waals surface area contributed by atoms with Crippen molar-refractivity contribution >= 4 is 28.8 Å². The van der Waals surface area contributed by atoms with Crippen LogP contribution in [0.5, 0.6) is 0 Å². The van der Waals surface area contributed by atoms with Gasteiger partial charge in [-0.25, -0.2) is 4.79 Å². The van der Waals surface area contributed by atoms with Crippen molar-refractivity contribution in [3.63, 3.8) is 0 Å². The van der Waals surface area contributed by atoms with Gasteiger partial charge in [0.25, 0.3) is 0 Å². The number of carbonyl (C=O) groups is 3. The summed E-state index contributed by atoms with van der Waals surface area (Å²) in [6.45, 7) is 3.67. The molecule has 2 unspecified atom stereocenters. The zero-order valence-electron chi connectivity index (χ0n) is 9.30. The van der Waals surface area contributed by atoms with Gasteiger partial charge in [0.1, 0.15) is 6.04 Å². The summed E-state index contributed by atoms with van der Waals surface area (Å²) >= 11 is 1.10. The smallest absolute Gasteiger partial charge is 0.326 e. The van der Waals surface area contributed by atoms with Crippen molar-refractivity contribution in [2.75, 3.05) is 12.3 Å². The van der Waals surface area contributed by atoms with Crippen molar-refractivity contribution in [2.24, 2.45) is 5.92 Å². The van der Waals surface area contributed by atoms with Gasteiger partial charge in [-0.05, 0) is 6.42 Å². The molecular weight excluding hydrogens is 230 g/mol. The van der Waals surface area contributed by atoms with Gasteiger partial charge in [-0.1, -0.05) is 18.7 Å². The summed E-state index contributed by atoms with van der Waals surface area (Å²) in [5.74, 6) is -1.02. The SMILES string of the molecule is CC(=O)SCC(C)C(=O)N1CCC1C(=O)O. The van der Waals surface area contributed by atoms with E-state index in [0.717, 1.165) is 11.8 Å². The monoisotopic (exact) mass is 245 g/mol. The maximum Gasteiger partial charge on any atom is 0.326 e. The standard InChI is InChI=1S/C10H15NO4S/c1-6(5-16-7(2)12)9(13)11-4-3-8(11)10(14)15/h6,8H,3-5H2,1-2H3,(H,14,15). The lowest BCUT2D eigenvalue weighted by Crippen LogP contribution is -2.56. The summed E-state index contributed by atoms with van der Waals surface area (Å²) in [5, 5.41) is 8.77. The molecule has 1 amide bonds. The molecule has 1 aliphatic heterocycles. The predicted octanol–water partition coefficient (Wildman–Crippen LogP) is 0.588. The Morgan fingerprint density at radius 1 is 1.50 bits per heavy atom. The highest BCUT2D eigenvalue weighted by Gasteiger charge is 2.38. The van der Waals surface area contributed by atoms with E-state index in [1.54, 1.807) is 6.92 Å². The number of rotatable bonds is 4. The number of nitrogens with zero attached hydrogens (tertiary/aromatic N) is 1. The number of amides is 1. The first-order valence-electron chi connectivity index (χ1n) is 5.10. The van der Waals surface area contributed by atoms with Gasteiger partial charge in [-0.3, -0.25) is 9.59 Å².